The van der Waals surface area contributed by atoms with Crippen LogP contribution in [0, 0.1) is 0 Å². The Morgan fingerprint density at radius 3 is 1.72 bits per heavy atom. The summed E-state index contributed by atoms with van der Waals surface area (Å²) in [6.45, 7) is 3.72. The highest BCUT2D eigenvalue weighted by atomic mass is 16.5. The molecule has 0 fully saturated rings. The molecule has 4 heteroatoms. The summed E-state index contributed by atoms with van der Waals surface area (Å²) in [4.78, 5) is 22.1. The van der Waals surface area contributed by atoms with Crippen LogP contribution in [0.5, 0.6) is 0 Å². The van der Waals surface area contributed by atoms with E-state index in [1.165, 1.54) is 7.11 Å². The second kappa shape index (κ2) is 11.1. The number of ether oxygens (including phenoxy) is 2. The first-order chi connectivity index (χ1) is 8.56. The van der Waals surface area contributed by atoms with E-state index in [1.807, 2.05) is 13.8 Å². The number of rotatable bonds is 10. The molecule has 18 heavy (non-hydrogen) atoms. The lowest BCUT2D eigenvalue weighted by molar-refractivity contribution is -0.147. The lowest BCUT2D eigenvalue weighted by Gasteiger charge is -2.07. The van der Waals surface area contributed by atoms with Gasteiger partial charge < -0.3 is 9.47 Å². The summed E-state index contributed by atoms with van der Waals surface area (Å²) in [6, 6.07) is 0. The third-order valence-corrected chi connectivity index (χ3v) is 2.61. The number of methoxy groups -OCH3 is 1. The smallest absolute Gasteiger partial charge is 0.306 e. The Labute approximate surface area is 110 Å². The molecule has 0 unspecified atom stereocenters. The van der Waals surface area contributed by atoms with Crippen LogP contribution in [0.4, 0.5) is 0 Å². The van der Waals surface area contributed by atoms with Crippen LogP contribution < -0.4 is 0 Å². The average Bonchev–Trinajstić information content (AvgIpc) is 2.31. The molecule has 0 rings (SSSR count). The van der Waals surface area contributed by atoms with Crippen molar-refractivity contribution in [3.05, 3.63) is 0 Å². The van der Waals surface area contributed by atoms with E-state index in [-0.39, 0.29) is 18.0 Å². The van der Waals surface area contributed by atoms with Gasteiger partial charge in [-0.3, -0.25) is 9.59 Å². The van der Waals surface area contributed by atoms with Gasteiger partial charge in [0.2, 0.25) is 0 Å². The predicted octanol–water partition coefficient (Wildman–Crippen LogP) is 3.23. The van der Waals surface area contributed by atoms with Crippen LogP contribution in [0.1, 0.15) is 65.2 Å². The second-order valence-corrected chi connectivity index (χ2v) is 4.74. The topological polar surface area (TPSA) is 52.6 Å². The fourth-order valence-corrected chi connectivity index (χ4v) is 1.67. The largest absolute Gasteiger partial charge is 0.469 e. The molecule has 0 N–H and O–H groups in total. The zero-order chi connectivity index (χ0) is 13.8. The van der Waals surface area contributed by atoms with Crippen LogP contribution >= 0.6 is 0 Å². The van der Waals surface area contributed by atoms with Crippen LogP contribution in [-0.4, -0.2) is 25.2 Å². The van der Waals surface area contributed by atoms with Crippen molar-refractivity contribution in [2.24, 2.45) is 0 Å². The highest BCUT2D eigenvalue weighted by Crippen LogP contribution is 2.09. The summed E-state index contributed by atoms with van der Waals surface area (Å²) in [5.74, 6) is -0.234. The van der Waals surface area contributed by atoms with E-state index in [2.05, 4.69) is 4.74 Å². The van der Waals surface area contributed by atoms with Crippen LogP contribution in [-0.2, 0) is 19.1 Å². The number of carbonyl (C=O) groups excluding carboxylic acids is 2. The van der Waals surface area contributed by atoms with Crippen LogP contribution in [0.15, 0.2) is 0 Å². The van der Waals surface area contributed by atoms with Gasteiger partial charge in [0.25, 0.3) is 0 Å². The molecule has 0 bridgehead atoms. The zero-order valence-electron chi connectivity index (χ0n) is 11.9. The van der Waals surface area contributed by atoms with Gasteiger partial charge in [-0.05, 0) is 26.7 Å². The summed E-state index contributed by atoms with van der Waals surface area (Å²) in [6.07, 6.45) is 7.10. The summed E-state index contributed by atoms with van der Waals surface area (Å²) < 4.78 is 9.61. The van der Waals surface area contributed by atoms with E-state index in [0.717, 1.165) is 38.5 Å². The molecule has 0 saturated carbocycles. The summed E-state index contributed by atoms with van der Waals surface area (Å²) >= 11 is 0. The van der Waals surface area contributed by atoms with Gasteiger partial charge in [-0.15, -0.1) is 0 Å². The molecule has 0 heterocycles. The van der Waals surface area contributed by atoms with E-state index in [0.29, 0.717) is 12.8 Å². The molecule has 0 spiro atoms. The van der Waals surface area contributed by atoms with Gasteiger partial charge in [0.05, 0.1) is 13.2 Å². The molecule has 0 atom stereocenters. The van der Waals surface area contributed by atoms with Gasteiger partial charge in [-0.2, -0.15) is 0 Å². The first-order valence-electron chi connectivity index (χ1n) is 6.82. The molecule has 0 radical (unpaired) electrons. The molecule has 0 saturated heterocycles. The van der Waals surface area contributed by atoms with E-state index in [9.17, 15) is 9.59 Å². The average molecular weight is 258 g/mol. The normalized spacial score (nSPS) is 10.4. The third-order valence-electron chi connectivity index (χ3n) is 2.61. The summed E-state index contributed by atoms with van der Waals surface area (Å²) in [7, 11) is 1.42. The Hall–Kier alpha value is -1.06. The van der Waals surface area contributed by atoms with E-state index in [1.54, 1.807) is 0 Å². The Kier molecular flexibility index (Phi) is 10.4. The van der Waals surface area contributed by atoms with Crippen molar-refractivity contribution in [2.75, 3.05) is 7.11 Å². The standard InChI is InChI=1S/C14H26O4/c1-12(2)18-14(16)11-9-7-5-4-6-8-10-13(15)17-3/h12H,4-11H2,1-3H3. The maximum atomic E-state index is 11.2. The van der Waals surface area contributed by atoms with Crippen molar-refractivity contribution in [3.63, 3.8) is 0 Å². The molecule has 0 aliphatic carbocycles. The summed E-state index contributed by atoms with van der Waals surface area (Å²) in [5, 5.41) is 0. The SMILES string of the molecule is COC(=O)CCCCCCCCC(=O)OC(C)C. The molecule has 4 nitrogen and oxygen atoms in total. The van der Waals surface area contributed by atoms with Gasteiger partial charge in [-0.25, -0.2) is 0 Å². The molecule has 106 valence electrons. The fourth-order valence-electron chi connectivity index (χ4n) is 1.67. The van der Waals surface area contributed by atoms with Crippen molar-refractivity contribution < 1.29 is 19.1 Å². The van der Waals surface area contributed by atoms with Crippen molar-refractivity contribution in [2.45, 2.75) is 71.3 Å². The maximum absolute atomic E-state index is 11.2. The van der Waals surface area contributed by atoms with E-state index in [4.69, 9.17) is 4.74 Å². The molecule has 0 aromatic carbocycles. The number of esters is 2. The Balaban J connectivity index is 3.21. The lowest BCUT2D eigenvalue weighted by Crippen LogP contribution is -2.10. The lowest BCUT2D eigenvalue weighted by atomic mass is 10.1. The first kappa shape index (κ1) is 16.9. The third kappa shape index (κ3) is 11.4. The van der Waals surface area contributed by atoms with Gasteiger partial charge >= 0.3 is 11.9 Å². The first-order valence-corrected chi connectivity index (χ1v) is 6.82. The van der Waals surface area contributed by atoms with Gasteiger partial charge in [-0.1, -0.05) is 25.7 Å². The van der Waals surface area contributed by atoms with Crippen molar-refractivity contribution in [1.29, 1.82) is 0 Å². The fraction of sp³-hybridized carbons (Fsp3) is 0.857. The number of hydrogen-bond donors (Lipinski definition) is 0. The molecule has 0 aliphatic rings. The minimum Gasteiger partial charge on any atom is -0.469 e. The Bertz CT molecular complexity index is 236. The minimum absolute atomic E-state index is 0.0178. The van der Waals surface area contributed by atoms with Gasteiger partial charge in [0, 0.05) is 12.8 Å². The van der Waals surface area contributed by atoms with E-state index >= 15 is 0 Å². The van der Waals surface area contributed by atoms with Crippen LogP contribution in [0.3, 0.4) is 0 Å². The highest BCUT2D eigenvalue weighted by Gasteiger charge is 2.04. The number of unbranched alkanes of at least 4 members (excludes halogenated alkanes) is 5. The molecule has 0 aliphatic heterocycles. The highest BCUT2D eigenvalue weighted by molar-refractivity contribution is 5.69. The zero-order valence-corrected chi connectivity index (χ0v) is 11.9. The van der Waals surface area contributed by atoms with Gasteiger partial charge in [0.15, 0.2) is 0 Å². The Morgan fingerprint density at radius 2 is 1.28 bits per heavy atom. The van der Waals surface area contributed by atoms with Crippen molar-refractivity contribution in [1.82, 2.24) is 0 Å². The second-order valence-electron chi connectivity index (χ2n) is 4.74. The Morgan fingerprint density at radius 1 is 0.833 bits per heavy atom. The summed E-state index contributed by atoms with van der Waals surface area (Å²) in [5.41, 5.74) is 0. The minimum atomic E-state index is -0.133. The maximum Gasteiger partial charge on any atom is 0.306 e. The van der Waals surface area contributed by atoms with Crippen molar-refractivity contribution >= 4 is 11.9 Å². The monoisotopic (exact) mass is 258 g/mol. The molecular formula is C14H26O4. The molecular weight excluding hydrogens is 232 g/mol. The quantitative estimate of drug-likeness (QED) is 0.446. The number of carbonyl (C=O) groups is 2. The van der Waals surface area contributed by atoms with Crippen LogP contribution in [0.2, 0.25) is 0 Å². The van der Waals surface area contributed by atoms with E-state index < -0.39 is 0 Å². The number of hydrogen-bond acceptors (Lipinski definition) is 4. The van der Waals surface area contributed by atoms with Crippen LogP contribution in [0.25, 0.3) is 0 Å². The molecule has 0 aromatic heterocycles. The van der Waals surface area contributed by atoms with Crippen molar-refractivity contribution in [3.8, 4) is 0 Å². The molecule has 0 amide bonds. The molecule has 0 aromatic rings. The predicted molar refractivity (Wildman–Crippen MR) is 70.2 cm³/mol. The van der Waals surface area contributed by atoms with Gasteiger partial charge in [0.1, 0.15) is 0 Å².